The summed E-state index contributed by atoms with van der Waals surface area (Å²) < 4.78 is 5.97. The van der Waals surface area contributed by atoms with E-state index < -0.39 is 0 Å². The number of rotatable bonds is 4. The Morgan fingerprint density at radius 3 is 2.75 bits per heavy atom. The van der Waals surface area contributed by atoms with Crippen molar-refractivity contribution in [1.29, 1.82) is 0 Å². The van der Waals surface area contributed by atoms with Gasteiger partial charge >= 0.3 is 0 Å². The number of aromatic nitrogens is 2. The second-order valence-corrected chi connectivity index (χ2v) is 4.33. The Hall–Kier alpha value is 0.120. The maximum absolute atomic E-state index is 4.91. The highest BCUT2D eigenvalue weighted by atomic mass is 127. The molecule has 0 aromatic carbocycles. The van der Waals surface area contributed by atoms with E-state index in [0.29, 0.717) is 0 Å². The molecule has 0 spiro atoms. The monoisotopic (exact) mass is 296 g/mol. The van der Waals surface area contributed by atoms with E-state index >= 15 is 0 Å². The van der Waals surface area contributed by atoms with Crippen molar-refractivity contribution in [3.05, 3.63) is 16.0 Å². The molecule has 0 radical (unpaired) electrons. The summed E-state index contributed by atoms with van der Waals surface area (Å²) in [5, 5.41) is 0.812. The number of hydrogen-bond acceptors (Lipinski definition) is 4. The van der Waals surface area contributed by atoms with E-state index in [1.807, 2.05) is 12.4 Å². The molecule has 0 amide bonds. The second-order valence-electron chi connectivity index (χ2n) is 2.03. The van der Waals surface area contributed by atoms with Crippen molar-refractivity contribution in [3.8, 4) is 0 Å². The summed E-state index contributed by atoms with van der Waals surface area (Å²) in [6.45, 7) is 0.736. The van der Waals surface area contributed by atoms with Gasteiger partial charge in [-0.1, -0.05) is 11.8 Å². The molecule has 0 atom stereocenters. The van der Waals surface area contributed by atoms with Crippen LogP contribution in [0.4, 0.5) is 0 Å². The lowest BCUT2D eigenvalue weighted by Gasteiger charge is -1.97. The van der Waals surface area contributed by atoms with Crippen LogP contribution in [0.25, 0.3) is 0 Å². The minimum atomic E-state index is 0.736. The number of thioether (sulfide) groups is 1. The van der Waals surface area contributed by atoms with Crippen molar-refractivity contribution < 1.29 is 4.74 Å². The van der Waals surface area contributed by atoms with Gasteiger partial charge in [-0.15, -0.1) is 0 Å². The first-order valence-electron chi connectivity index (χ1n) is 3.42. The lowest BCUT2D eigenvalue weighted by molar-refractivity contribution is 0.218. The minimum absolute atomic E-state index is 0.736. The third kappa shape index (κ3) is 3.68. The summed E-state index contributed by atoms with van der Waals surface area (Å²) in [6, 6.07) is 0. The Balaban J connectivity index is 2.37. The molecule has 1 heterocycles. The summed E-state index contributed by atoms with van der Waals surface area (Å²) in [6.07, 6.45) is 3.62. The average Bonchev–Trinajstić information content (AvgIpc) is 2.09. The van der Waals surface area contributed by atoms with Crippen LogP contribution in [0.2, 0.25) is 0 Å². The molecule has 0 aliphatic carbocycles. The van der Waals surface area contributed by atoms with E-state index in [-0.39, 0.29) is 0 Å². The van der Waals surface area contributed by atoms with Crippen LogP contribution in [0.5, 0.6) is 0 Å². The van der Waals surface area contributed by atoms with Crippen molar-refractivity contribution in [2.45, 2.75) is 5.16 Å². The quantitative estimate of drug-likeness (QED) is 0.367. The summed E-state index contributed by atoms with van der Waals surface area (Å²) in [5.41, 5.74) is 0. The van der Waals surface area contributed by atoms with Gasteiger partial charge < -0.3 is 4.74 Å². The van der Waals surface area contributed by atoms with Crippen molar-refractivity contribution in [1.82, 2.24) is 9.97 Å². The van der Waals surface area contributed by atoms with Crippen LogP contribution >= 0.6 is 34.4 Å². The molecule has 5 heteroatoms. The molecule has 1 aromatic heterocycles. The average molecular weight is 296 g/mol. The molecule has 0 fully saturated rings. The predicted octanol–water partition coefficient (Wildman–Crippen LogP) is 1.82. The number of halogens is 1. The maximum Gasteiger partial charge on any atom is 0.187 e. The third-order valence-corrected chi connectivity index (χ3v) is 2.51. The van der Waals surface area contributed by atoms with E-state index in [1.54, 1.807) is 18.9 Å². The topological polar surface area (TPSA) is 35.0 Å². The zero-order valence-electron chi connectivity index (χ0n) is 6.66. The first-order chi connectivity index (χ1) is 5.83. The molecule has 0 aliphatic heterocycles. The Kier molecular flexibility index (Phi) is 4.86. The van der Waals surface area contributed by atoms with Gasteiger partial charge in [0.1, 0.15) is 0 Å². The van der Waals surface area contributed by atoms with Crippen LogP contribution in [0.3, 0.4) is 0 Å². The molecule has 0 saturated heterocycles. The predicted molar refractivity (Wildman–Crippen MR) is 57.3 cm³/mol. The molecule has 0 bridgehead atoms. The molecule has 66 valence electrons. The van der Waals surface area contributed by atoms with Gasteiger partial charge in [-0.25, -0.2) is 9.97 Å². The third-order valence-electron chi connectivity index (χ3n) is 1.12. The Bertz CT molecular complexity index is 229. The maximum atomic E-state index is 4.91. The van der Waals surface area contributed by atoms with Gasteiger partial charge in [0.05, 0.1) is 6.61 Å². The standard InChI is InChI=1S/C7H9IN2OS/c1-11-2-3-12-7-9-4-6(8)5-10-7/h4-5H,2-3H2,1H3. The Morgan fingerprint density at radius 2 is 2.17 bits per heavy atom. The van der Waals surface area contributed by atoms with Gasteiger partial charge in [-0.05, 0) is 22.6 Å². The minimum Gasteiger partial charge on any atom is -0.384 e. The van der Waals surface area contributed by atoms with E-state index in [2.05, 4.69) is 32.6 Å². The van der Waals surface area contributed by atoms with Crippen LogP contribution < -0.4 is 0 Å². The smallest absolute Gasteiger partial charge is 0.187 e. The van der Waals surface area contributed by atoms with E-state index in [1.165, 1.54) is 0 Å². The zero-order valence-corrected chi connectivity index (χ0v) is 9.63. The van der Waals surface area contributed by atoms with Gasteiger partial charge in [0.25, 0.3) is 0 Å². The van der Waals surface area contributed by atoms with Crippen LogP contribution in [0.15, 0.2) is 17.6 Å². The fourth-order valence-corrected chi connectivity index (χ4v) is 1.56. The molecule has 1 rings (SSSR count). The number of ether oxygens (including phenoxy) is 1. The van der Waals surface area contributed by atoms with Crippen molar-refractivity contribution >= 4 is 34.4 Å². The largest absolute Gasteiger partial charge is 0.384 e. The number of methoxy groups -OCH3 is 1. The SMILES string of the molecule is COCCSc1ncc(I)cn1. The second kappa shape index (κ2) is 5.71. The fraction of sp³-hybridized carbons (Fsp3) is 0.429. The van der Waals surface area contributed by atoms with Gasteiger partial charge in [0, 0.05) is 28.8 Å². The van der Waals surface area contributed by atoms with Crippen LogP contribution in [-0.2, 0) is 4.74 Å². The van der Waals surface area contributed by atoms with Crippen molar-refractivity contribution in [2.24, 2.45) is 0 Å². The van der Waals surface area contributed by atoms with Gasteiger partial charge in [0.2, 0.25) is 0 Å². The first kappa shape index (κ1) is 10.2. The summed E-state index contributed by atoms with van der Waals surface area (Å²) in [5.74, 6) is 0.900. The summed E-state index contributed by atoms with van der Waals surface area (Å²) >= 11 is 3.79. The molecular weight excluding hydrogens is 287 g/mol. The van der Waals surface area contributed by atoms with Crippen molar-refractivity contribution in [3.63, 3.8) is 0 Å². The molecule has 0 N–H and O–H groups in total. The summed E-state index contributed by atoms with van der Waals surface area (Å²) in [7, 11) is 1.69. The van der Waals surface area contributed by atoms with Crippen molar-refractivity contribution in [2.75, 3.05) is 19.5 Å². The van der Waals surface area contributed by atoms with Crippen LogP contribution in [0.1, 0.15) is 0 Å². The van der Waals surface area contributed by atoms with E-state index in [9.17, 15) is 0 Å². The molecule has 0 unspecified atom stereocenters. The highest BCUT2D eigenvalue weighted by molar-refractivity contribution is 14.1. The Morgan fingerprint density at radius 1 is 1.50 bits per heavy atom. The molecule has 1 aromatic rings. The molecular formula is C7H9IN2OS. The fourth-order valence-electron chi connectivity index (χ4n) is 0.591. The van der Waals surface area contributed by atoms with Crippen LogP contribution in [0, 0.1) is 3.57 Å². The molecule has 12 heavy (non-hydrogen) atoms. The number of nitrogens with zero attached hydrogens (tertiary/aromatic N) is 2. The molecule has 0 saturated carbocycles. The van der Waals surface area contributed by atoms with Gasteiger partial charge in [0.15, 0.2) is 5.16 Å². The van der Waals surface area contributed by atoms with Gasteiger partial charge in [-0.2, -0.15) is 0 Å². The summed E-state index contributed by atoms with van der Waals surface area (Å²) in [4.78, 5) is 8.28. The lowest BCUT2D eigenvalue weighted by atomic mass is 10.7. The van der Waals surface area contributed by atoms with E-state index in [4.69, 9.17) is 4.74 Å². The number of hydrogen-bond donors (Lipinski definition) is 0. The lowest BCUT2D eigenvalue weighted by Crippen LogP contribution is -1.93. The first-order valence-corrected chi connectivity index (χ1v) is 5.48. The Labute approximate surface area is 89.5 Å². The zero-order chi connectivity index (χ0) is 8.81. The van der Waals surface area contributed by atoms with Gasteiger partial charge in [-0.3, -0.25) is 0 Å². The molecule has 0 aliphatic rings. The van der Waals surface area contributed by atoms with E-state index in [0.717, 1.165) is 21.1 Å². The normalized spacial score (nSPS) is 10.2. The molecule has 3 nitrogen and oxygen atoms in total. The highest BCUT2D eigenvalue weighted by Crippen LogP contribution is 2.11. The van der Waals surface area contributed by atoms with Crippen LogP contribution in [-0.4, -0.2) is 29.4 Å². The highest BCUT2D eigenvalue weighted by Gasteiger charge is 1.95.